The van der Waals surface area contributed by atoms with Crippen molar-refractivity contribution in [3.63, 3.8) is 0 Å². The van der Waals surface area contributed by atoms with Crippen molar-refractivity contribution >= 4 is 46.1 Å². The first-order valence-electron chi connectivity index (χ1n) is 5.32. The minimum Gasteiger partial charge on any atom is -0.323 e. The molecule has 0 unspecified atom stereocenters. The minimum absolute atomic E-state index is 0.0617. The Hall–Kier alpha value is -1.17. The van der Waals surface area contributed by atoms with Crippen molar-refractivity contribution < 1.29 is 9.18 Å². The summed E-state index contributed by atoms with van der Waals surface area (Å²) in [6.07, 6.45) is 0.0769. The van der Waals surface area contributed by atoms with Crippen LogP contribution in [0.4, 0.5) is 10.1 Å². The first-order valence-corrected chi connectivity index (χ1v) is 7.12. The van der Waals surface area contributed by atoms with E-state index in [1.807, 2.05) is 0 Å². The predicted molar refractivity (Wildman–Crippen MR) is 75.4 cm³/mol. The first-order chi connectivity index (χ1) is 9.08. The lowest BCUT2D eigenvalue weighted by Gasteiger charge is -2.05. The van der Waals surface area contributed by atoms with Crippen molar-refractivity contribution in [3.05, 3.63) is 45.1 Å². The molecule has 0 bridgehead atoms. The van der Waals surface area contributed by atoms with Gasteiger partial charge in [0, 0.05) is 10.4 Å². The zero-order valence-corrected chi connectivity index (χ0v) is 11.9. The number of halogens is 3. The second-order valence-electron chi connectivity index (χ2n) is 3.72. The number of carbonyl (C=O) groups is 1. The third-order valence-corrected chi connectivity index (χ3v) is 3.66. The Morgan fingerprint density at radius 2 is 2.26 bits per heavy atom. The van der Waals surface area contributed by atoms with Gasteiger partial charge in [0.05, 0.1) is 23.7 Å². The SMILES string of the molecule is O=C(Cc1nc(CCl)cs1)Nc1cc(Cl)ccc1F. The van der Waals surface area contributed by atoms with Crippen LogP contribution in [0.15, 0.2) is 23.6 Å². The summed E-state index contributed by atoms with van der Waals surface area (Å²) in [5.41, 5.74) is 0.787. The maximum absolute atomic E-state index is 13.4. The number of benzene rings is 1. The van der Waals surface area contributed by atoms with Crippen molar-refractivity contribution in [3.8, 4) is 0 Å². The van der Waals surface area contributed by atoms with Gasteiger partial charge in [-0.1, -0.05) is 11.6 Å². The number of hydrogen-bond acceptors (Lipinski definition) is 3. The fourth-order valence-electron chi connectivity index (χ4n) is 1.42. The van der Waals surface area contributed by atoms with Gasteiger partial charge in [-0.3, -0.25) is 4.79 Å². The van der Waals surface area contributed by atoms with Crippen LogP contribution in [0.2, 0.25) is 5.02 Å². The Morgan fingerprint density at radius 3 is 2.95 bits per heavy atom. The molecule has 0 aliphatic rings. The number of alkyl halides is 1. The summed E-state index contributed by atoms with van der Waals surface area (Å²) in [7, 11) is 0. The molecule has 1 heterocycles. The number of carbonyl (C=O) groups excluding carboxylic acids is 1. The third kappa shape index (κ3) is 3.89. The smallest absolute Gasteiger partial charge is 0.231 e. The first kappa shape index (κ1) is 14.2. The molecule has 1 aromatic carbocycles. The molecule has 0 radical (unpaired) electrons. The summed E-state index contributed by atoms with van der Waals surface area (Å²) in [5, 5.41) is 5.24. The standard InChI is InChI=1S/C12H9Cl2FN2OS/c13-5-8-6-19-12(16-8)4-11(18)17-10-3-7(14)1-2-9(10)15/h1-3,6H,4-5H2,(H,17,18). The highest BCUT2D eigenvalue weighted by Gasteiger charge is 2.10. The van der Waals surface area contributed by atoms with Gasteiger partial charge in [0.1, 0.15) is 10.8 Å². The fourth-order valence-corrected chi connectivity index (χ4v) is 2.61. The van der Waals surface area contributed by atoms with Crippen LogP contribution in [0.3, 0.4) is 0 Å². The molecule has 19 heavy (non-hydrogen) atoms. The van der Waals surface area contributed by atoms with E-state index in [2.05, 4.69) is 10.3 Å². The van der Waals surface area contributed by atoms with Crippen molar-refractivity contribution in [2.24, 2.45) is 0 Å². The maximum atomic E-state index is 13.4. The minimum atomic E-state index is -0.529. The Labute approximate surface area is 123 Å². The number of rotatable bonds is 4. The molecular weight excluding hydrogens is 310 g/mol. The highest BCUT2D eigenvalue weighted by molar-refractivity contribution is 7.09. The van der Waals surface area contributed by atoms with Crippen molar-refractivity contribution in [2.45, 2.75) is 12.3 Å². The highest BCUT2D eigenvalue weighted by atomic mass is 35.5. The zero-order valence-electron chi connectivity index (χ0n) is 9.62. The fraction of sp³-hybridized carbons (Fsp3) is 0.167. The van der Waals surface area contributed by atoms with E-state index in [0.717, 1.165) is 5.69 Å². The Kier molecular flexibility index (Phi) is 4.74. The van der Waals surface area contributed by atoms with Gasteiger partial charge in [-0.15, -0.1) is 22.9 Å². The number of amides is 1. The van der Waals surface area contributed by atoms with E-state index in [4.69, 9.17) is 23.2 Å². The average molecular weight is 319 g/mol. The number of nitrogens with one attached hydrogen (secondary N) is 1. The number of hydrogen-bond donors (Lipinski definition) is 1. The maximum Gasteiger partial charge on any atom is 0.231 e. The lowest BCUT2D eigenvalue weighted by atomic mass is 10.3. The normalized spacial score (nSPS) is 10.5. The number of anilines is 1. The molecule has 2 rings (SSSR count). The summed E-state index contributed by atoms with van der Waals surface area (Å²) in [4.78, 5) is 15.9. The quantitative estimate of drug-likeness (QED) is 0.870. The van der Waals surface area contributed by atoms with E-state index in [-0.39, 0.29) is 18.0 Å². The molecule has 1 aromatic heterocycles. The molecule has 0 aliphatic carbocycles. The highest BCUT2D eigenvalue weighted by Crippen LogP contribution is 2.20. The van der Waals surface area contributed by atoms with Crippen LogP contribution in [0.25, 0.3) is 0 Å². The molecule has 1 N–H and O–H groups in total. The number of thiazole rings is 1. The van der Waals surface area contributed by atoms with E-state index >= 15 is 0 Å². The van der Waals surface area contributed by atoms with Gasteiger partial charge < -0.3 is 5.32 Å². The van der Waals surface area contributed by atoms with Crippen molar-refractivity contribution in [1.82, 2.24) is 4.98 Å². The summed E-state index contributed by atoms with van der Waals surface area (Å²) >= 11 is 12.7. The van der Waals surface area contributed by atoms with Crippen LogP contribution in [-0.2, 0) is 17.1 Å². The van der Waals surface area contributed by atoms with Gasteiger partial charge in [-0.05, 0) is 18.2 Å². The lowest BCUT2D eigenvalue weighted by Crippen LogP contribution is -2.15. The van der Waals surface area contributed by atoms with E-state index in [0.29, 0.717) is 15.9 Å². The molecule has 7 heteroatoms. The van der Waals surface area contributed by atoms with Gasteiger partial charge in [-0.2, -0.15) is 0 Å². The summed E-state index contributed by atoms with van der Waals surface area (Å²) in [6, 6.07) is 3.98. The van der Waals surface area contributed by atoms with Crippen LogP contribution in [-0.4, -0.2) is 10.9 Å². The molecule has 0 saturated heterocycles. The molecule has 3 nitrogen and oxygen atoms in total. The molecule has 0 fully saturated rings. The van der Waals surface area contributed by atoms with Crippen LogP contribution < -0.4 is 5.32 Å². The Balaban J connectivity index is 2.03. The summed E-state index contributed by atoms with van der Waals surface area (Å²) in [6.45, 7) is 0. The van der Waals surface area contributed by atoms with E-state index in [1.54, 1.807) is 5.38 Å². The third-order valence-electron chi connectivity index (χ3n) is 2.25. The topological polar surface area (TPSA) is 42.0 Å². The van der Waals surface area contributed by atoms with Gasteiger partial charge in [-0.25, -0.2) is 9.37 Å². The molecule has 1 amide bonds. The Bertz CT molecular complexity index is 603. The van der Waals surface area contributed by atoms with Crippen molar-refractivity contribution in [1.29, 1.82) is 0 Å². The summed E-state index contributed by atoms with van der Waals surface area (Å²) in [5.74, 6) is -0.573. The van der Waals surface area contributed by atoms with Crippen LogP contribution >= 0.6 is 34.5 Å². The van der Waals surface area contributed by atoms with E-state index in [1.165, 1.54) is 29.5 Å². The van der Waals surface area contributed by atoms with E-state index in [9.17, 15) is 9.18 Å². The van der Waals surface area contributed by atoms with E-state index < -0.39 is 5.82 Å². The number of nitrogens with zero attached hydrogens (tertiary/aromatic N) is 1. The molecule has 0 spiro atoms. The van der Waals surface area contributed by atoms with Crippen LogP contribution in [0.1, 0.15) is 10.7 Å². The van der Waals surface area contributed by atoms with Gasteiger partial charge >= 0.3 is 0 Å². The molecule has 0 atom stereocenters. The predicted octanol–water partition coefficient (Wildman–Crippen LogP) is 3.86. The molecule has 100 valence electrons. The molecular formula is C12H9Cl2FN2OS. The van der Waals surface area contributed by atoms with Gasteiger partial charge in [0.15, 0.2) is 0 Å². The average Bonchev–Trinajstić information content (AvgIpc) is 2.81. The Morgan fingerprint density at radius 1 is 1.47 bits per heavy atom. The monoisotopic (exact) mass is 318 g/mol. The van der Waals surface area contributed by atoms with Gasteiger partial charge in [0.25, 0.3) is 0 Å². The van der Waals surface area contributed by atoms with Crippen molar-refractivity contribution in [2.75, 3.05) is 5.32 Å². The lowest BCUT2D eigenvalue weighted by molar-refractivity contribution is -0.115. The summed E-state index contributed by atoms with van der Waals surface area (Å²) < 4.78 is 13.4. The number of aromatic nitrogens is 1. The van der Waals surface area contributed by atoms with Crippen LogP contribution in [0, 0.1) is 5.82 Å². The van der Waals surface area contributed by atoms with Gasteiger partial charge in [0.2, 0.25) is 5.91 Å². The molecule has 0 saturated carbocycles. The second kappa shape index (κ2) is 6.32. The molecule has 2 aromatic rings. The second-order valence-corrected chi connectivity index (χ2v) is 5.36. The molecule has 0 aliphatic heterocycles. The van der Waals surface area contributed by atoms with Crippen LogP contribution in [0.5, 0.6) is 0 Å². The zero-order chi connectivity index (χ0) is 13.8. The largest absolute Gasteiger partial charge is 0.323 e.